The van der Waals surface area contributed by atoms with E-state index in [-0.39, 0.29) is 12.3 Å². The van der Waals surface area contributed by atoms with E-state index in [0.717, 1.165) is 0 Å². The Hall–Kier alpha value is -2.08. The number of nitrogens with two attached hydrogens (primary N) is 1. The van der Waals surface area contributed by atoms with Crippen molar-refractivity contribution in [2.24, 2.45) is 5.73 Å². The van der Waals surface area contributed by atoms with Crippen LogP contribution in [-0.2, 0) is 6.54 Å². The van der Waals surface area contributed by atoms with E-state index in [1.807, 2.05) is 0 Å². The highest BCUT2D eigenvalue weighted by Gasteiger charge is 2.10. The first-order chi connectivity index (χ1) is 7.74. The molecule has 0 aliphatic heterocycles. The molecule has 0 aliphatic rings. The van der Waals surface area contributed by atoms with Crippen LogP contribution in [0.15, 0.2) is 22.6 Å². The predicted molar refractivity (Wildman–Crippen MR) is 55.8 cm³/mol. The molecule has 0 saturated carbocycles. The predicted octanol–water partition coefficient (Wildman–Crippen LogP) is 0.909. The second kappa shape index (κ2) is 4.19. The first kappa shape index (κ1) is 10.4. The number of aromatic nitrogens is 2. The van der Waals surface area contributed by atoms with E-state index >= 15 is 0 Å². The van der Waals surface area contributed by atoms with E-state index in [2.05, 4.69) is 10.2 Å². The summed E-state index contributed by atoms with van der Waals surface area (Å²) in [5.41, 5.74) is 5.97. The average Bonchev–Trinajstić information content (AvgIpc) is 2.77. The third kappa shape index (κ3) is 1.82. The highest BCUT2D eigenvalue weighted by molar-refractivity contribution is 5.59. The van der Waals surface area contributed by atoms with Crippen molar-refractivity contribution in [2.75, 3.05) is 7.11 Å². The standard InChI is InChI=1S/C10H11N3O3/c1-15-8-3-2-6(4-7(8)14)10-13-12-9(5-11)16-10/h2-4,14H,5,11H2,1H3. The summed E-state index contributed by atoms with van der Waals surface area (Å²) in [6.45, 7) is 0.190. The minimum atomic E-state index is 0.0208. The van der Waals surface area contributed by atoms with Crippen molar-refractivity contribution in [1.29, 1.82) is 0 Å². The number of phenols is 1. The Morgan fingerprint density at radius 1 is 1.44 bits per heavy atom. The molecule has 1 aromatic carbocycles. The zero-order chi connectivity index (χ0) is 11.5. The summed E-state index contributed by atoms with van der Waals surface area (Å²) in [5.74, 6) is 1.08. The average molecular weight is 221 g/mol. The second-order valence-electron chi connectivity index (χ2n) is 3.09. The molecular formula is C10H11N3O3. The number of benzene rings is 1. The summed E-state index contributed by atoms with van der Waals surface area (Å²) >= 11 is 0. The van der Waals surface area contributed by atoms with Crippen LogP contribution >= 0.6 is 0 Å². The number of hydrogen-bond donors (Lipinski definition) is 2. The second-order valence-corrected chi connectivity index (χ2v) is 3.09. The summed E-state index contributed by atoms with van der Waals surface area (Å²) in [4.78, 5) is 0. The lowest BCUT2D eigenvalue weighted by molar-refractivity contribution is 0.373. The Bertz CT molecular complexity index is 496. The molecule has 6 nitrogen and oxygen atoms in total. The molecule has 0 atom stereocenters. The first-order valence-corrected chi connectivity index (χ1v) is 4.64. The van der Waals surface area contributed by atoms with Gasteiger partial charge in [0.15, 0.2) is 11.5 Å². The van der Waals surface area contributed by atoms with Crippen molar-refractivity contribution in [3.05, 3.63) is 24.1 Å². The fourth-order valence-electron chi connectivity index (χ4n) is 1.28. The van der Waals surface area contributed by atoms with E-state index < -0.39 is 0 Å². The maximum Gasteiger partial charge on any atom is 0.247 e. The summed E-state index contributed by atoms with van der Waals surface area (Å²) < 4.78 is 10.2. The smallest absolute Gasteiger partial charge is 0.247 e. The Morgan fingerprint density at radius 3 is 2.81 bits per heavy atom. The molecule has 16 heavy (non-hydrogen) atoms. The van der Waals surface area contributed by atoms with Crippen molar-refractivity contribution >= 4 is 0 Å². The van der Waals surface area contributed by atoms with Crippen LogP contribution in [0.4, 0.5) is 0 Å². The van der Waals surface area contributed by atoms with Gasteiger partial charge in [0.2, 0.25) is 11.8 Å². The number of hydrogen-bond acceptors (Lipinski definition) is 6. The molecule has 0 saturated heterocycles. The molecule has 0 bridgehead atoms. The van der Waals surface area contributed by atoms with Gasteiger partial charge in [-0.25, -0.2) is 0 Å². The van der Waals surface area contributed by atoms with Crippen molar-refractivity contribution in [3.63, 3.8) is 0 Å². The summed E-state index contributed by atoms with van der Waals surface area (Å²) in [5, 5.41) is 17.1. The molecule has 0 unspecified atom stereocenters. The Kier molecular flexibility index (Phi) is 2.74. The molecule has 0 spiro atoms. The van der Waals surface area contributed by atoms with E-state index in [1.165, 1.54) is 13.2 Å². The normalized spacial score (nSPS) is 10.4. The lowest BCUT2D eigenvalue weighted by Gasteiger charge is -2.03. The number of ether oxygens (including phenoxy) is 1. The summed E-state index contributed by atoms with van der Waals surface area (Å²) in [7, 11) is 1.48. The maximum absolute atomic E-state index is 9.58. The minimum absolute atomic E-state index is 0.0208. The van der Waals surface area contributed by atoms with Crippen LogP contribution in [0.3, 0.4) is 0 Å². The fourth-order valence-corrected chi connectivity index (χ4v) is 1.28. The van der Waals surface area contributed by atoms with Gasteiger partial charge in [-0.1, -0.05) is 0 Å². The zero-order valence-corrected chi connectivity index (χ0v) is 8.67. The quantitative estimate of drug-likeness (QED) is 0.799. The van der Waals surface area contributed by atoms with Gasteiger partial charge in [-0.3, -0.25) is 0 Å². The van der Waals surface area contributed by atoms with Gasteiger partial charge in [0.25, 0.3) is 0 Å². The fraction of sp³-hybridized carbons (Fsp3) is 0.200. The highest BCUT2D eigenvalue weighted by atomic mass is 16.5. The molecule has 0 fully saturated rings. The Balaban J connectivity index is 2.37. The van der Waals surface area contributed by atoms with Gasteiger partial charge in [0, 0.05) is 5.56 Å². The van der Waals surface area contributed by atoms with E-state index in [0.29, 0.717) is 23.1 Å². The molecule has 2 rings (SSSR count). The lowest BCUT2D eigenvalue weighted by atomic mass is 10.2. The SMILES string of the molecule is COc1ccc(-c2nnc(CN)o2)cc1O. The van der Waals surface area contributed by atoms with Crippen LogP contribution < -0.4 is 10.5 Å². The van der Waals surface area contributed by atoms with E-state index in [1.54, 1.807) is 12.1 Å². The highest BCUT2D eigenvalue weighted by Crippen LogP contribution is 2.30. The molecule has 0 aliphatic carbocycles. The topological polar surface area (TPSA) is 94.4 Å². The number of aromatic hydroxyl groups is 1. The summed E-state index contributed by atoms with van der Waals surface area (Å²) in [6, 6.07) is 4.83. The Morgan fingerprint density at radius 2 is 2.25 bits per heavy atom. The van der Waals surface area contributed by atoms with Gasteiger partial charge < -0.3 is 20.0 Å². The van der Waals surface area contributed by atoms with E-state index in [9.17, 15) is 5.11 Å². The van der Waals surface area contributed by atoms with Crippen LogP contribution in [0.25, 0.3) is 11.5 Å². The minimum Gasteiger partial charge on any atom is -0.504 e. The third-order valence-corrected chi connectivity index (χ3v) is 2.07. The van der Waals surface area contributed by atoms with Crippen LogP contribution in [0.2, 0.25) is 0 Å². The van der Waals surface area contributed by atoms with Gasteiger partial charge in [-0.15, -0.1) is 10.2 Å². The molecule has 0 amide bonds. The molecule has 0 radical (unpaired) electrons. The van der Waals surface area contributed by atoms with Crippen LogP contribution in [0.1, 0.15) is 5.89 Å². The number of phenolic OH excluding ortho intramolecular Hbond substituents is 1. The molecule has 2 aromatic rings. The van der Waals surface area contributed by atoms with Crippen LogP contribution in [-0.4, -0.2) is 22.4 Å². The number of methoxy groups -OCH3 is 1. The van der Waals surface area contributed by atoms with Crippen molar-refractivity contribution in [1.82, 2.24) is 10.2 Å². The van der Waals surface area contributed by atoms with Crippen LogP contribution in [0.5, 0.6) is 11.5 Å². The van der Waals surface area contributed by atoms with Gasteiger partial charge in [-0.05, 0) is 18.2 Å². The zero-order valence-electron chi connectivity index (χ0n) is 8.67. The molecule has 6 heteroatoms. The third-order valence-electron chi connectivity index (χ3n) is 2.07. The number of rotatable bonds is 3. The first-order valence-electron chi connectivity index (χ1n) is 4.64. The number of nitrogens with zero attached hydrogens (tertiary/aromatic N) is 2. The monoisotopic (exact) mass is 221 g/mol. The van der Waals surface area contributed by atoms with Gasteiger partial charge in [0.05, 0.1) is 13.7 Å². The lowest BCUT2D eigenvalue weighted by Crippen LogP contribution is -1.95. The van der Waals surface area contributed by atoms with E-state index in [4.69, 9.17) is 14.9 Å². The Labute approximate surface area is 91.7 Å². The molecule has 3 N–H and O–H groups in total. The van der Waals surface area contributed by atoms with Crippen molar-refractivity contribution in [2.45, 2.75) is 6.54 Å². The largest absolute Gasteiger partial charge is 0.504 e. The van der Waals surface area contributed by atoms with Crippen molar-refractivity contribution in [3.8, 4) is 23.0 Å². The van der Waals surface area contributed by atoms with Gasteiger partial charge >= 0.3 is 0 Å². The van der Waals surface area contributed by atoms with Gasteiger partial charge in [-0.2, -0.15) is 0 Å². The maximum atomic E-state index is 9.58. The molecule has 1 heterocycles. The molecular weight excluding hydrogens is 210 g/mol. The van der Waals surface area contributed by atoms with Gasteiger partial charge in [0.1, 0.15) is 0 Å². The molecule has 84 valence electrons. The van der Waals surface area contributed by atoms with Crippen LogP contribution in [0, 0.1) is 0 Å². The molecule has 1 aromatic heterocycles. The van der Waals surface area contributed by atoms with Crippen molar-refractivity contribution < 1.29 is 14.3 Å². The summed E-state index contributed by atoms with van der Waals surface area (Å²) in [6.07, 6.45) is 0.